The Morgan fingerprint density at radius 3 is 1.46 bits per heavy atom. The van der Waals surface area contributed by atoms with Crippen molar-refractivity contribution in [2.24, 2.45) is 0 Å². The molecule has 0 radical (unpaired) electrons. The van der Waals surface area contributed by atoms with E-state index in [0.717, 1.165) is 83.5 Å². The van der Waals surface area contributed by atoms with E-state index in [1.54, 1.807) is 0 Å². The van der Waals surface area contributed by atoms with Crippen molar-refractivity contribution in [3.63, 3.8) is 0 Å². The summed E-state index contributed by atoms with van der Waals surface area (Å²) in [7, 11) is 0. The summed E-state index contributed by atoms with van der Waals surface area (Å²) >= 11 is 0. The molecular weight excluding hydrogens is 773 g/mol. The van der Waals surface area contributed by atoms with Crippen LogP contribution in [0.15, 0.2) is 60.8 Å². The molecule has 0 aliphatic carbocycles. The van der Waals surface area contributed by atoms with Gasteiger partial charge in [0, 0.05) is 12.8 Å². The lowest BCUT2D eigenvalue weighted by atomic mass is 9.99. The third-order valence-electron chi connectivity index (χ3n) is 10.9. The summed E-state index contributed by atoms with van der Waals surface area (Å²) in [4.78, 5) is 25.4. The van der Waals surface area contributed by atoms with Crippen LogP contribution in [-0.4, -0.2) is 89.0 Å². The zero-order chi connectivity index (χ0) is 44.4. The van der Waals surface area contributed by atoms with Crippen molar-refractivity contribution < 1.29 is 49.0 Å². The van der Waals surface area contributed by atoms with Gasteiger partial charge in [0.15, 0.2) is 12.4 Å². The molecule has 1 heterocycles. The standard InChI is InChI=1S/C51H88O10/c1-3-5-7-9-11-13-15-17-19-21-22-24-25-27-29-31-33-35-37-39-46(53)58-42-44(43-59-51-50(57)49(56)48(55)45(41-52)61-51)60-47(54)40-38-36-34-32-30-28-26-23-20-18-16-14-12-10-8-6-4-2/h6,8,11-14,17-20,44-45,48-52,55-57H,3-5,7,9-10,15-16,21-43H2,1-2H3/b8-6-,13-11-,14-12-,19-17-,20-18-. The van der Waals surface area contributed by atoms with E-state index in [1.807, 2.05) is 0 Å². The first-order valence-corrected chi connectivity index (χ1v) is 24.4. The maximum atomic E-state index is 12.8. The molecular formula is C51H88O10. The largest absolute Gasteiger partial charge is 0.462 e. The molecule has 0 amide bonds. The molecule has 1 aliphatic heterocycles. The second-order valence-electron chi connectivity index (χ2n) is 16.5. The monoisotopic (exact) mass is 861 g/mol. The quantitative estimate of drug-likeness (QED) is 0.0266. The van der Waals surface area contributed by atoms with Crippen molar-refractivity contribution in [2.45, 2.75) is 230 Å². The van der Waals surface area contributed by atoms with E-state index in [0.29, 0.717) is 6.42 Å². The SMILES string of the molecule is CC/C=C\C/C=C\C/C=C\CCCCCCCCCC(=O)OC(COC(=O)CCCCCCCCCCC/C=C\C/C=C\CCCCC)COC1OC(CO)C(O)C(O)C1O. The maximum Gasteiger partial charge on any atom is 0.306 e. The third kappa shape index (κ3) is 32.7. The topological polar surface area (TPSA) is 152 Å². The fourth-order valence-corrected chi connectivity index (χ4v) is 7.06. The van der Waals surface area contributed by atoms with E-state index in [2.05, 4.69) is 74.6 Å². The van der Waals surface area contributed by atoms with Crippen LogP contribution in [0, 0.1) is 0 Å². The van der Waals surface area contributed by atoms with Crippen LogP contribution in [0.1, 0.15) is 194 Å². The van der Waals surface area contributed by atoms with Crippen molar-refractivity contribution in [3.05, 3.63) is 60.8 Å². The molecule has 352 valence electrons. The number of allylic oxidation sites excluding steroid dienone is 10. The summed E-state index contributed by atoms with van der Waals surface area (Å²) in [6.07, 6.45) is 43.6. The second kappa shape index (κ2) is 41.4. The number of ether oxygens (including phenoxy) is 4. The Bertz CT molecular complexity index is 1180. The number of carbonyl (C=O) groups is 2. The van der Waals surface area contributed by atoms with Crippen molar-refractivity contribution in [1.82, 2.24) is 0 Å². The maximum absolute atomic E-state index is 12.8. The van der Waals surface area contributed by atoms with Gasteiger partial charge in [-0.15, -0.1) is 0 Å². The lowest BCUT2D eigenvalue weighted by Crippen LogP contribution is -2.59. The molecule has 61 heavy (non-hydrogen) atoms. The van der Waals surface area contributed by atoms with E-state index < -0.39 is 49.4 Å². The Morgan fingerprint density at radius 1 is 0.525 bits per heavy atom. The van der Waals surface area contributed by atoms with Gasteiger partial charge in [0.2, 0.25) is 0 Å². The van der Waals surface area contributed by atoms with Crippen molar-refractivity contribution in [1.29, 1.82) is 0 Å². The summed E-state index contributed by atoms with van der Waals surface area (Å²) < 4.78 is 22.2. The number of unbranched alkanes of at least 4 members (excludes halogenated alkanes) is 19. The smallest absolute Gasteiger partial charge is 0.306 e. The molecule has 10 nitrogen and oxygen atoms in total. The number of aliphatic hydroxyl groups is 4. The van der Waals surface area contributed by atoms with E-state index in [9.17, 15) is 30.0 Å². The molecule has 0 bridgehead atoms. The summed E-state index contributed by atoms with van der Waals surface area (Å²) in [5.74, 6) is -0.823. The summed E-state index contributed by atoms with van der Waals surface area (Å²) in [5.41, 5.74) is 0. The minimum atomic E-state index is -1.60. The number of aliphatic hydroxyl groups excluding tert-OH is 4. The Hall–Kier alpha value is -2.60. The van der Waals surface area contributed by atoms with Gasteiger partial charge in [0.1, 0.15) is 31.0 Å². The normalized spacial score (nSPS) is 20.3. The van der Waals surface area contributed by atoms with Crippen LogP contribution < -0.4 is 0 Å². The molecule has 0 aromatic carbocycles. The predicted molar refractivity (Wildman–Crippen MR) is 247 cm³/mol. The highest BCUT2D eigenvalue weighted by molar-refractivity contribution is 5.70. The first kappa shape index (κ1) is 56.4. The number of rotatable bonds is 40. The van der Waals surface area contributed by atoms with E-state index in [4.69, 9.17) is 18.9 Å². The fraction of sp³-hybridized carbons (Fsp3) is 0.765. The van der Waals surface area contributed by atoms with E-state index in [1.165, 1.54) is 77.0 Å². The lowest BCUT2D eigenvalue weighted by molar-refractivity contribution is -0.305. The molecule has 6 atom stereocenters. The predicted octanol–water partition coefficient (Wildman–Crippen LogP) is 11.0. The van der Waals surface area contributed by atoms with Crippen LogP contribution in [0.4, 0.5) is 0 Å². The average Bonchev–Trinajstić information content (AvgIpc) is 3.26. The van der Waals surface area contributed by atoms with Gasteiger partial charge in [0.25, 0.3) is 0 Å². The summed E-state index contributed by atoms with van der Waals surface area (Å²) in [6.45, 7) is 3.28. The molecule has 1 aliphatic rings. The molecule has 1 saturated heterocycles. The lowest BCUT2D eigenvalue weighted by Gasteiger charge is -2.39. The molecule has 0 spiro atoms. The summed E-state index contributed by atoms with van der Waals surface area (Å²) in [5, 5.41) is 40.2. The van der Waals surface area contributed by atoms with Crippen molar-refractivity contribution in [3.8, 4) is 0 Å². The summed E-state index contributed by atoms with van der Waals surface area (Å²) in [6, 6.07) is 0. The number of carbonyl (C=O) groups excluding carboxylic acids is 2. The molecule has 1 rings (SSSR count). The number of hydrogen-bond acceptors (Lipinski definition) is 10. The van der Waals surface area contributed by atoms with Crippen LogP contribution in [-0.2, 0) is 28.5 Å². The van der Waals surface area contributed by atoms with Gasteiger partial charge in [-0.3, -0.25) is 9.59 Å². The highest BCUT2D eigenvalue weighted by Crippen LogP contribution is 2.23. The van der Waals surface area contributed by atoms with Crippen LogP contribution in [0.2, 0.25) is 0 Å². The van der Waals surface area contributed by atoms with Gasteiger partial charge in [-0.05, 0) is 77.0 Å². The Kier molecular flexibility index (Phi) is 38.3. The van der Waals surface area contributed by atoms with Gasteiger partial charge >= 0.3 is 11.9 Å². The first-order chi connectivity index (χ1) is 29.8. The molecule has 6 unspecified atom stereocenters. The van der Waals surface area contributed by atoms with Crippen LogP contribution in [0.3, 0.4) is 0 Å². The highest BCUT2D eigenvalue weighted by atomic mass is 16.7. The first-order valence-electron chi connectivity index (χ1n) is 24.4. The van der Waals surface area contributed by atoms with E-state index >= 15 is 0 Å². The van der Waals surface area contributed by atoms with E-state index in [-0.39, 0.29) is 32.0 Å². The second-order valence-corrected chi connectivity index (χ2v) is 16.5. The van der Waals surface area contributed by atoms with Crippen LogP contribution in [0.5, 0.6) is 0 Å². The van der Waals surface area contributed by atoms with Crippen LogP contribution in [0.25, 0.3) is 0 Å². The highest BCUT2D eigenvalue weighted by Gasteiger charge is 2.44. The Balaban J connectivity index is 2.29. The molecule has 4 N–H and O–H groups in total. The third-order valence-corrected chi connectivity index (χ3v) is 10.9. The minimum absolute atomic E-state index is 0.216. The van der Waals surface area contributed by atoms with Gasteiger partial charge in [-0.2, -0.15) is 0 Å². The van der Waals surface area contributed by atoms with Gasteiger partial charge in [0.05, 0.1) is 13.2 Å². The van der Waals surface area contributed by atoms with Gasteiger partial charge in [-0.25, -0.2) is 0 Å². The number of esters is 2. The fourth-order valence-electron chi connectivity index (χ4n) is 7.06. The zero-order valence-electron chi connectivity index (χ0n) is 38.4. The Labute approximate surface area is 370 Å². The number of hydrogen-bond donors (Lipinski definition) is 4. The van der Waals surface area contributed by atoms with Crippen LogP contribution >= 0.6 is 0 Å². The average molecular weight is 861 g/mol. The molecule has 0 aromatic rings. The molecule has 1 fully saturated rings. The molecule has 10 heteroatoms. The molecule has 0 aromatic heterocycles. The minimum Gasteiger partial charge on any atom is -0.462 e. The van der Waals surface area contributed by atoms with Gasteiger partial charge in [-0.1, -0.05) is 164 Å². The van der Waals surface area contributed by atoms with Gasteiger partial charge < -0.3 is 39.4 Å². The molecule has 0 saturated carbocycles. The van der Waals surface area contributed by atoms with Crippen molar-refractivity contribution in [2.75, 3.05) is 19.8 Å². The zero-order valence-corrected chi connectivity index (χ0v) is 38.4. The Morgan fingerprint density at radius 2 is 0.967 bits per heavy atom. The van der Waals surface area contributed by atoms with Crippen molar-refractivity contribution >= 4 is 11.9 Å².